The zero-order chi connectivity index (χ0) is 20.3. The Morgan fingerprint density at radius 1 is 1.07 bits per heavy atom. The molecule has 0 saturated heterocycles. The maximum absolute atomic E-state index is 12.9. The monoisotopic (exact) mass is 400 g/mol. The van der Waals surface area contributed by atoms with E-state index in [2.05, 4.69) is 9.88 Å². The molecule has 0 atom stereocenters. The minimum Gasteiger partial charge on any atom is -0.494 e. The van der Waals surface area contributed by atoms with Gasteiger partial charge < -0.3 is 9.26 Å². The summed E-state index contributed by atoms with van der Waals surface area (Å²) in [4.78, 5) is 0.246. The molecule has 0 radical (unpaired) electrons. The Labute approximate surface area is 165 Å². The highest BCUT2D eigenvalue weighted by molar-refractivity contribution is 7.89. The summed E-state index contributed by atoms with van der Waals surface area (Å²) in [5, 5.41) is 3.95. The third-order valence-corrected chi connectivity index (χ3v) is 6.04. The van der Waals surface area contributed by atoms with Crippen LogP contribution >= 0.6 is 0 Å². The summed E-state index contributed by atoms with van der Waals surface area (Å²) in [6.45, 7) is 8.14. The number of nitrogens with one attached hydrogen (secondary N) is 1. The van der Waals surface area contributed by atoms with Gasteiger partial charge in [-0.25, -0.2) is 13.1 Å². The van der Waals surface area contributed by atoms with Crippen molar-refractivity contribution in [1.29, 1.82) is 0 Å². The van der Waals surface area contributed by atoms with Crippen molar-refractivity contribution in [3.8, 4) is 16.9 Å². The van der Waals surface area contributed by atoms with Crippen molar-refractivity contribution in [2.24, 2.45) is 0 Å². The molecule has 1 heterocycles. The molecule has 7 heteroatoms. The first-order valence-electron chi connectivity index (χ1n) is 9.07. The fourth-order valence-electron chi connectivity index (χ4n) is 3.07. The van der Waals surface area contributed by atoms with Gasteiger partial charge in [0.1, 0.15) is 11.5 Å². The van der Waals surface area contributed by atoms with E-state index >= 15 is 0 Å². The molecule has 2 aromatic carbocycles. The lowest BCUT2D eigenvalue weighted by atomic mass is 10.0. The molecule has 3 rings (SSSR count). The van der Waals surface area contributed by atoms with E-state index < -0.39 is 10.0 Å². The average molecular weight is 401 g/mol. The van der Waals surface area contributed by atoms with E-state index in [4.69, 9.17) is 9.26 Å². The van der Waals surface area contributed by atoms with Gasteiger partial charge >= 0.3 is 0 Å². The highest BCUT2D eigenvalue weighted by atomic mass is 32.2. The lowest BCUT2D eigenvalue weighted by molar-refractivity contribution is 0.340. The Morgan fingerprint density at radius 2 is 1.79 bits per heavy atom. The van der Waals surface area contributed by atoms with Crippen LogP contribution < -0.4 is 9.46 Å². The molecule has 0 saturated carbocycles. The van der Waals surface area contributed by atoms with Gasteiger partial charge in [0.05, 0.1) is 17.2 Å². The predicted molar refractivity (Wildman–Crippen MR) is 108 cm³/mol. The molecule has 28 heavy (non-hydrogen) atoms. The Balaban J connectivity index is 1.84. The molecule has 0 aliphatic carbocycles. The van der Waals surface area contributed by atoms with Crippen LogP contribution in [0.1, 0.15) is 29.5 Å². The van der Waals surface area contributed by atoms with Gasteiger partial charge in [-0.2, -0.15) is 0 Å². The van der Waals surface area contributed by atoms with Gasteiger partial charge in [0.2, 0.25) is 10.0 Å². The summed E-state index contributed by atoms with van der Waals surface area (Å²) >= 11 is 0. The average Bonchev–Trinajstić information content (AvgIpc) is 3.00. The molecule has 3 aromatic rings. The summed E-state index contributed by atoms with van der Waals surface area (Å²) in [7, 11) is -3.68. The Bertz CT molecular complexity index is 1050. The van der Waals surface area contributed by atoms with E-state index in [1.165, 1.54) is 0 Å². The van der Waals surface area contributed by atoms with E-state index in [1.54, 1.807) is 19.1 Å². The highest BCUT2D eigenvalue weighted by Crippen LogP contribution is 2.30. The molecule has 1 N–H and O–H groups in total. The zero-order valence-electron chi connectivity index (χ0n) is 16.4. The topological polar surface area (TPSA) is 81.4 Å². The quantitative estimate of drug-likeness (QED) is 0.644. The molecular formula is C21H24N2O4S. The second-order valence-electron chi connectivity index (χ2n) is 6.58. The fourth-order valence-corrected chi connectivity index (χ4v) is 4.35. The second kappa shape index (κ2) is 8.16. The van der Waals surface area contributed by atoms with Gasteiger partial charge in [-0.1, -0.05) is 29.4 Å². The van der Waals surface area contributed by atoms with Gasteiger partial charge in [0.25, 0.3) is 0 Å². The standard InChI is InChI=1S/C21H24N2O4S/c1-5-26-19-10-7-17(8-11-19)13-22-28(24,25)20-12-18(9-6-14(20)2)21-15(3)23-27-16(21)4/h6-12,22H,5,13H2,1-4H3. The smallest absolute Gasteiger partial charge is 0.241 e. The lowest BCUT2D eigenvalue weighted by Crippen LogP contribution is -2.24. The van der Waals surface area contributed by atoms with Crippen molar-refractivity contribution in [3.05, 3.63) is 65.0 Å². The van der Waals surface area contributed by atoms with Crippen LogP contribution in [0.5, 0.6) is 5.75 Å². The van der Waals surface area contributed by atoms with Gasteiger partial charge in [-0.3, -0.25) is 0 Å². The van der Waals surface area contributed by atoms with E-state index in [0.717, 1.165) is 28.1 Å². The molecular weight excluding hydrogens is 376 g/mol. The van der Waals surface area contributed by atoms with Crippen molar-refractivity contribution in [1.82, 2.24) is 9.88 Å². The van der Waals surface area contributed by atoms with Crippen LogP contribution in [0.4, 0.5) is 0 Å². The molecule has 1 aromatic heterocycles. The highest BCUT2D eigenvalue weighted by Gasteiger charge is 2.20. The summed E-state index contributed by atoms with van der Waals surface area (Å²) in [5.74, 6) is 1.42. The van der Waals surface area contributed by atoms with Gasteiger partial charge in [-0.15, -0.1) is 0 Å². The number of hydrogen-bond donors (Lipinski definition) is 1. The summed E-state index contributed by atoms with van der Waals surface area (Å²) in [6.07, 6.45) is 0. The van der Waals surface area contributed by atoms with E-state index in [0.29, 0.717) is 17.9 Å². The Hall–Kier alpha value is -2.64. The first-order valence-corrected chi connectivity index (χ1v) is 10.6. The van der Waals surface area contributed by atoms with Crippen LogP contribution in [0.15, 0.2) is 51.9 Å². The second-order valence-corrected chi connectivity index (χ2v) is 8.32. The van der Waals surface area contributed by atoms with Crippen molar-refractivity contribution in [3.63, 3.8) is 0 Å². The number of nitrogens with zero attached hydrogens (tertiary/aromatic N) is 1. The third kappa shape index (κ3) is 4.26. The molecule has 0 fully saturated rings. The normalized spacial score (nSPS) is 11.6. The van der Waals surface area contributed by atoms with Crippen molar-refractivity contribution >= 4 is 10.0 Å². The van der Waals surface area contributed by atoms with Crippen LogP contribution in [-0.4, -0.2) is 20.2 Å². The summed E-state index contributed by atoms with van der Waals surface area (Å²) < 4.78 is 39.1. The zero-order valence-corrected chi connectivity index (χ0v) is 17.3. The molecule has 0 amide bonds. The van der Waals surface area contributed by atoms with Crippen LogP contribution in [0.3, 0.4) is 0 Å². The lowest BCUT2D eigenvalue weighted by Gasteiger charge is -2.12. The number of benzene rings is 2. The molecule has 0 aliphatic rings. The molecule has 148 valence electrons. The minimum atomic E-state index is -3.68. The maximum Gasteiger partial charge on any atom is 0.241 e. The van der Waals surface area contributed by atoms with Crippen molar-refractivity contribution < 1.29 is 17.7 Å². The molecule has 0 aliphatic heterocycles. The van der Waals surface area contributed by atoms with Crippen LogP contribution in [0.2, 0.25) is 0 Å². The predicted octanol–water partition coefficient (Wildman–Crippen LogP) is 4.14. The number of hydrogen-bond acceptors (Lipinski definition) is 5. The molecule has 0 unspecified atom stereocenters. The Kier molecular flexibility index (Phi) is 5.86. The van der Waals surface area contributed by atoms with E-state index in [1.807, 2.05) is 51.1 Å². The third-order valence-electron chi connectivity index (χ3n) is 4.50. The van der Waals surface area contributed by atoms with E-state index in [-0.39, 0.29) is 11.4 Å². The molecule has 0 spiro atoms. The number of ether oxygens (including phenoxy) is 1. The summed E-state index contributed by atoms with van der Waals surface area (Å²) in [5.41, 5.74) is 3.85. The SMILES string of the molecule is CCOc1ccc(CNS(=O)(=O)c2cc(-c3c(C)noc3C)ccc2C)cc1. The fraction of sp³-hybridized carbons (Fsp3) is 0.286. The summed E-state index contributed by atoms with van der Waals surface area (Å²) in [6, 6.07) is 12.7. The number of rotatable bonds is 7. The van der Waals surface area contributed by atoms with Gasteiger partial charge in [0.15, 0.2) is 0 Å². The van der Waals surface area contributed by atoms with Crippen LogP contribution in [0.25, 0.3) is 11.1 Å². The van der Waals surface area contributed by atoms with E-state index in [9.17, 15) is 8.42 Å². The van der Waals surface area contributed by atoms with Gasteiger partial charge in [-0.05, 0) is 62.6 Å². The van der Waals surface area contributed by atoms with Crippen molar-refractivity contribution in [2.45, 2.75) is 39.1 Å². The minimum absolute atomic E-state index is 0.198. The first-order chi connectivity index (χ1) is 13.3. The molecule has 0 bridgehead atoms. The van der Waals surface area contributed by atoms with Crippen molar-refractivity contribution in [2.75, 3.05) is 6.61 Å². The number of aromatic nitrogens is 1. The largest absolute Gasteiger partial charge is 0.494 e. The van der Waals surface area contributed by atoms with Gasteiger partial charge in [0, 0.05) is 12.1 Å². The Morgan fingerprint density at radius 3 is 2.39 bits per heavy atom. The molecule has 6 nitrogen and oxygen atoms in total. The van der Waals surface area contributed by atoms with Crippen LogP contribution in [0, 0.1) is 20.8 Å². The number of aryl methyl sites for hydroxylation is 3. The first kappa shape index (κ1) is 20.1. The maximum atomic E-state index is 12.9. The number of sulfonamides is 1. The van der Waals surface area contributed by atoms with Crippen LogP contribution in [-0.2, 0) is 16.6 Å².